The monoisotopic (exact) mass is 325 g/mol. The molecule has 0 radical (unpaired) electrons. The zero-order valence-electron chi connectivity index (χ0n) is 11.4. The maximum atomic E-state index is 11.8. The first-order valence-corrected chi connectivity index (χ1v) is 9.23. The molecule has 112 valence electrons. The fourth-order valence-corrected chi connectivity index (χ4v) is 4.28. The molecule has 3 heterocycles. The second kappa shape index (κ2) is 5.66. The van der Waals surface area contributed by atoms with Gasteiger partial charge in [-0.1, -0.05) is 0 Å². The first-order chi connectivity index (χ1) is 10.0. The fourth-order valence-electron chi connectivity index (χ4n) is 2.39. The normalized spacial score (nSPS) is 19.8. The summed E-state index contributed by atoms with van der Waals surface area (Å²) in [5.74, 6) is 0.477. The predicted molar refractivity (Wildman–Crippen MR) is 81.0 cm³/mol. The SMILES string of the molecule is CS(=O)(=O)N1CCCC1c1csc(Nc2ncccn2)n1. The molecule has 0 bridgehead atoms. The zero-order valence-corrected chi connectivity index (χ0v) is 13.1. The first kappa shape index (κ1) is 14.4. The van der Waals surface area contributed by atoms with Crippen LogP contribution >= 0.6 is 11.3 Å². The Kier molecular flexibility index (Phi) is 3.87. The number of rotatable bonds is 4. The summed E-state index contributed by atoms with van der Waals surface area (Å²) < 4.78 is 25.1. The Morgan fingerprint density at radius 1 is 1.38 bits per heavy atom. The molecule has 0 saturated carbocycles. The maximum Gasteiger partial charge on any atom is 0.228 e. The van der Waals surface area contributed by atoms with Crippen molar-refractivity contribution in [2.24, 2.45) is 0 Å². The van der Waals surface area contributed by atoms with Gasteiger partial charge in [0.05, 0.1) is 18.0 Å². The van der Waals surface area contributed by atoms with E-state index in [1.807, 2.05) is 5.38 Å². The highest BCUT2D eigenvalue weighted by molar-refractivity contribution is 7.88. The van der Waals surface area contributed by atoms with Gasteiger partial charge in [0.25, 0.3) is 0 Å². The minimum Gasteiger partial charge on any atom is -0.300 e. The van der Waals surface area contributed by atoms with Crippen LogP contribution in [-0.2, 0) is 10.0 Å². The van der Waals surface area contributed by atoms with Crippen LogP contribution in [0.5, 0.6) is 0 Å². The number of hydrogen-bond donors (Lipinski definition) is 1. The lowest BCUT2D eigenvalue weighted by atomic mass is 10.2. The van der Waals surface area contributed by atoms with E-state index in [1.165, 1.54) is 21.9 Å². The van der Waals surface area contributed by atoms with E-state index in [4.69, 9.17) is 0 Å². The van der Waals surface area contributed by atoms with Crippen molar-refractivity contribution in [2.75, 3.05) is 18.1 Å². The van der Waals surface area contributed by atoms with Crippen LogP contribution in [0.25, 0.3) is 0 Å². The first-order valence-electron chi connectivity index (χ1n) is 6.50. The third-order valence-electron chi connectivity index (χ3n) is 3.28. The van der Waals surface area contributed by atoms with E-state index < -0.39 is 10.0 Å². The molecule has 0 aromatic carbocycles. The van der Waals surface area contributed by atoms with Crippen LogP contribution in [0.1, 0.15) is 24.6 Å². The van der Waals surface area contributed by atoms with E-state index in [1.54, 1.807) is 18.5 Å². The molecule has 1 aliphatic heterocycles. The molecule has 1 aliphatic rings. The highest BCUT2D eigenvalue weighted by Crippen LogP contribution is 2.35. The number of aromatic nitrogens is 3. The Hall–Kier alpha value is -1.58. The largest absolute Gasteiger partial charge is 0.300 e. The van der Waals surface area contributed by atoms with Gasteiger partial charge in [-0.25, -0.2) is 23.4 Å². The van der Waals surface area contributed by atoms with Gasteiger partial charge in [0, 0.05) is 24.3 Å². The summed E-state index contributed by atoms with van der Waals surface area (Å²) in [4.78, 5) is 12.6. The van der Waals surface area contributed by atoms with Gasteiger partial charge in [0.15, 0.2) is 5.13 Å². The van der Waals surface area contributed by atoms with E-state index in [0.717, 1.165) is 18.5 Å². The van der Waals surface area contributed by atoms with Crippen molar-refractivity contribution >= 4 is 32.4 Å². The van der Waals surface area contributed by atoms with E-state index >= 15 is 0 Å². The van der Waals surface area contributed by atoms with E-state index in [9.17, 15) is 8.42 Å². The van der Waals surface area contributed by atoms with Crippen LogP contribution < -0.4 is 5.32 Å². The fraction of sp³-hybridized carbons (Fsp3) is 0.417. The van der Waals surface area contributed by atoms with Gasteiger partial charge >= 0.3 is 0 Å². The summed E-state index contributed by atoms with van der Waals surface area (Å²) in [6, 6.07) is 1.57. The lowest BCUT2D eigenvalue weighted by Gasteiger charge is -2.20. The summed E-state index contributed by atoms with van der Waals surface area (Å²) in [6.45, 7) is 0.561. The van der Waals surface area contributed by atoms with Crippen molar-refractivity contribution in [3.8, 4) is 0 Å². The van der Waals surface area contributed by atoms with Crippen molar-refractivity contribution in [3.63, 3.8) is 0 Å². The number of anilines is 2. The maximum absolute atomic E-state index is 11.8. The summed E-state index contributed by atoms with van der Waals surface area (Å²) in [7, 11) is -3.20. The van der Waals surface area contributed by atoms with Gasteiger partial charge in [-0.2, -0.15) is 4.31 Å². The number of nitrogens with one attached hydrogen (secondary N) is 1. The molecule has 3 rings (SSSR count). The van der Waals surface area contributed by atoms with E-state index in [0.29, 0.717) is 17.6 Å². The van der Waals surface area contributed by atoms with Crippen molar-refractivity contribution in [2.45, 2.75) is 18.9 Å². The zero-order chi connectivity index (χ0) is 14.9. The standard InChI is InChI=1S/C12H15N5O2S2/c1-21(18,19)17-7-2-4-10(17)9-8-20-12(15-9)16-11-13-5-3-6-14-11/h3,5-6,8,10H,2,4,7H2,1H3,(H,13,14,15,16). The van der Waals surface area contributed by atoms with Crippen molar-refractivity contribution in [1.29, 1.82) is 0 Å². The average Bonchev–Trinajstić information content (AvgIpc) is 3.07. The van der Waals surface area contributed by atoms with Crippen LogP contribution in [0.3, 0.4) is 0 Å². The van der Waals surface area contributed by atoms with E-state index in [2.05, 4.69) is 20.3 Å². The summed E-state index contributed by atoms with van der Waals surface area (Å²) in [5.41, 5.74) is 0.779. The summed E-state index contributed by atoms with van der Waals surface area (Å²) in [5, 5.41) is 5.57. The molecule has 7 nitrogen and oxygen atoms in total. The minimum absolute atomic E-state index is 0.163. The third-order valence-corrected chi connectivity index (χ3v) is 5.34. The number of nitrogens with zero attached hydrogens (tertiary/aromatic N) is 4. The highest BCUT2D eigenvalue weighted by atomic mass is 32.2. The molecule has 2 aromatic rings. The van der Waals surface area contributed by atoms with Crippen molar-refractivity contribution in [3.05, 3.63) is 29.5 Å². The predicted octanol–water partition coefficient (Wildman–Crippen LogP) is 1.77. The van der Waals surface area contributed by atoms with Gasteiger partial charge in [-0.05, 0) is 18.9 Å². The van der Waals surface area contributed by atoms with Crippen molar-refractivity contribution in [1.82, 2.24) is 19.3 Å². The lowest BCUT2D eigenvalue weighted by Crippen LogP contribution is -2.29. The lowest BCUT2D eigenvalue weighted by molar-refractivity contribution is 0.395. The van der Waals surface area contributed by atoms with Gasteiger partial charge in [-0.15, -0.1) is 11.3 Å². The highest BCUT2D eigenvalue weighted by Gasteiger charge is 2.34. The average molecular weight is 325 g/mol. The van der Waals surface area contributed by atoms with Crippen LogP contribution in [-0.4, -0.2) is 40.5 Å². The Morgan fingerprint density at radius 3 is 2.86 bits per heavy atom. The van der Waals surface area contributed by atoms with Gasteiger partial charge in [0.1, 0.15) is 0 Å². The van der Waals surface area contributed by atoms with Crippen LogP contribution in [0.2, 0.25) is 0 Å². The molecule has 2 aromatic heterocycles. The molecule has 1 unspecified atom stereocenters. The molecule has 1 atom stereocenters. The smallest absolute Gasteiger partial charge is 0.228 e. The quantitative estimate of drug-likeness (QED) is 0.922. The summed E-state index contributed by atoms with van der Waals surface area (Å²) in [6.07, 6.45) is 6.20. The third kappa shape index (κ3) is 3.20. The van der Waals surface area contributed by atoms with E-state index in [-0.39, 0.29) is 6.04 Å². The Balaban J connectivity index is 1.79. The molecular formula is C12H15N5O2S2. The topological polar surface area (TPSA) is 88.1 Å². The van der Waals surface area contributed by atoms with Crippen LogP contribution in [0.15, 0.2) is 23.8 Å². The molecule has 1 N–H and O–H groups in total. The number of thiazole rings is 1. The minimum atomic E-state index is -3.20. The molecule has 0 spiro atoms. The molecule has 9 heteroatoms. The molecule has 1 fully saturated rings. The molecule has 1 saturated heterocycles. The van der Waals surface area contributed by atoms with Gasteiger partial charge < -0.3 is 5.32 Å². The van der Waals surface area contributed by atoms with Crippen LogP contribution in [0.4, 0.5) is 11.1 Å². The Bertz CT molecular complexity index is 716. The number of hydrogen-bond acceptors (Lipinski definition) is 7. The van der Waals surface area contributed by atoms with Gasteiger partial charge in [0.2, 0.25) is 16.0 Å². The molecular weight excluding hydrogens is 310 g/mol. The second-order valence-corrected chi connectivity index (χ2v) is 7.60. The van der Waals surface area contributed by atoms with Crippen LogP contribution in [0, 0.1) is 0 Å². The molecule has 21 heavy (non-hydrogen) atoms. The second-order valence-electron chi connectivity index (χ2n) is 4.81. The summed E-state index contributed by atoms with van der Waals surface area (Å²) >= 11 is 1.42. The Labute approximate surface area is 127 Å². The Morgan fingerprint density at radius 2 is 2.14 bits per heavy atom. The van der Waals surface area contributed by atoms with Gasteiger partial charge in [-0.3, -0.25) is 0 Å². The molecule has 0 amide bonds. The van der Waals surface area contributed by atoms with Crippen molar-refractivity contribution < 1.29 is 8.42 Å². The number of sulfonamides is 1. The molecule has 0 aliphatic carbocycles.